The van der Waals surface area contributed by atoms with E-state index in [9.17, 15) is 9.59 Å². The van der Waals surface area contributed by atoms with Crippen LogP contribution in [0.25, 0.3) is 0 Å². The first-order chi connectivity index (χ1) is 10.1. The lowest BCUT2D eigenvalue weighted by Crippen LogP contribution is -2.32. The molecule has 114 valence electrons. The maximum absolute atomic E-state index is 11.8. The second-order valence-electron chi connectivity index (χ2n) is 5.77. The van der Waals surface area contributed by atoms with Gasteiger partial charge in [-0.05, 0) is 42.2 Å². The lowest BCUT2D eigenvalue weighted by molar-refractivity contribution is -0.146. The molecule has 21 heavy (non-hydrogen) atoms. The number of esters is 2. The van der Waals surface area contributed by atoms with Crippen LogP contribution in [-0.4, -0.2) is 26.2 Å². The molecule has 0 radical (unpaired) electrons. The third-order valence-electron chi connectivity index (χ3n) is 4.44. The zero-order valence-corrected chi connectivity index (χ0v) is 12.7. The van der Waals surface area contributed by atoms with Crippen molar-refractivity contribution in [1.29, 1.82) is 0 Å². The molecular weight excluding hydrogens is 268 g/mol. The molecule has 0 spiro atoms. The SMILES string of the molecule is COC(=O)CC[C@@]1(CC(=O)OC)CCc2ccccc2C1. The largest absolute Gasteiger partial charge is 0.469 e. The van der Waals surface area contributed by atoms with Crippen LogP contribution in [0.15, 0.2) is 24.3 Å². The van der Waals surface area contributed by atoms with Crippen molar-refractivity contribution >= 4 is 11.9 Å². The van der Waals surface area contributed by atoms with E-state index in [0.29, 0.717) is 19.3 Å². The Bertz CT molecular complexity index is 523. The van der Waals surface area contributed by atoms with E-state index in [4.69, 9.17) is 9.47 Å². The van der Waals surface area contributed by atoms with Gasteiger partial charge in [0.2, 0.25) is 0 Å². The molecule has 1 aliphatic carbocycles. The smallest absolute Gasteiger partial charge is 0.306 e. The van der Waals surface area contributed by atoms with E-state index in [-0.39, 0.29) is 17.4 Å². The molecule has 0 aromatic heterocycles. The lowest BCUT2D eigenvalue weighted by Gasteiger charge is -2.37. The topological polar surface area (TPSA) is 52.6 Å². The second kappa shape index (κ2) is 6.74. The molecule has 0 heterocycles. The minimum atomic E-state index is -0.224. The number of carbonyl (C=O) groups excluding carboxylic acids is 2. The lowest BCUT2D eigenvalue weighted by atomic mass is 9.67. The Morgan fingerprint density at radius 2 is 1.76 bits per heavy atom. The van der Waals surface area contributed by atoms with Gasteiger partial charge in [0, 0.05) is 6.42 Å². The van der Waals surface area contributed by atoms with E-state index in [1.165, 1.54) is 25.3 Å². The maximum atomic E-state index is 11.8. The minimum absolute atomic E-state index is 0.199. The minimum Gasteiger partial charge on any atom is -0.469 e. The number of benzene rings is 1. The van der Waals surface area contributed by atoms with Crippen molar-refractivity contribution in [3.05, 3.63) is 35.4 Å². The van der Waals surface area contributed by atoms with Crippen molar-refractivity contribution in [1.82, 2.24) is 0 Å². The first kappa shape index (κ1) is 15.5. The highest BCUT2D eigenvalue weighted by atomic mass is 16.5. The number of carbonyl (C=O) groups is 2. The van der Waals surface area contributed by atoms with Crippen molar-refractivity contribution in [2.75, 3.05) is 14.2 Å². The fourth-order valence-corrected chi connectivity index (χ4v) is 3.17. The van der Waals surface area contributed by atoms with Crippen LogP contribution >= 0.6 is 0 Å². The zero-order chi connectivity index (χ0) is 15.3. The molecule has 0 N–H and O–H groups in total. The van der Waals surface area contributed by atoms with Crippen molar-refractivity contribution < 1.29 is 19.1 Å². The summed E-state index contributed by atoms with van der Waals surface area (Å²) in [5.41, 5.74) is 2.42. The molecule has 1 aromatic carbocycles. The number of methoxy groups -OCH3 is 2. The Labute approximate surface area is 125 Å². The maximum Gasteiger partial charge on any atom is 0.306 e. The molecule has 0 amide bonds. The molecular formula is C17H22O4. The summed E-state index contributed by atoms with van der Waals surface area (Å²) in [7, 11) is 2.80. The zero-order valence-electron chi connectivity index (χ0n) is 12.7. The summed E-state index contributed by atoms with van der Waals surface area (Å²) in [6.07, 6.45) is 4.01. The van der Waals surface area contributed by atoms with Crippen molar-refractivity contribution in [2.45, 2.75) is 38.5 Å². The predicted molar refractivity (Wildman–Crippen MR) is 78.8 cm³/mol. The highest BCUT2D eigenvalue weighted by Crippen LogP contribution is 2.42. The van der Waals surface area contributed by atoms with Gasteiger partial charge in [0.1, 0.15) is 0 Å². The number of hydrogen-bond acceptors (Lipinski definition) is 4. The van der Waals surface area contributed by atoms with Gasteiger partial charge in [-0.15, -0.1) is 0 Å². The molecule has 0 saturated carbocycles. The Hall–Kier alpha value is -1.84. The van der Waals surface area contributed by atoms with Gasteiger partial charge >= 0.3 is 11.9 Å². The molecule has 0 fully saturated rings. The quantitative estimate of drug-likeness (QED) is 0.782. The van der Waals surface area contributed by atoms with Gasteiger partial charge < -0.3 is 9.47 Å². The molecule has 2 rings (SSSR count). The summed E-state index contributed by atoms with van der Waals surface area (Å²) in [6, 6.07) is 8.31. The van der Waals surface area contributed by atoms with Gasteiger partial charge in [-0.1, -0.05) is 24.3 Å². The van der Waals surface area contributed by atoms with E-state index in [1.807, 2.05) is 12.1 Å². The van der Waals surface area contributed by atoms with Gasteiger partial charge in [0.15, 0.2) is 0 Å². The van der Waals surface area contributed by atoms with Crippen LogP contribution in [-0.2, 0) is 31.9 Å². The van der Waals surface area contributed by atoms with Crippen LogP contribution in [0.5, 0.6) is 0 Å². The number of hydrogen-bond donors (Lipinski definition) is 0. The summed E-state index contributed by atoms with van der Waals surface area (Å²) in [4.78, 5) is 23.2. The van der Waals surface area contributed by atoms with Gasteiger partial charge in [0.05, 0.1) is 20.6 Å². The van der Waals surface area contributed by atoms with Crippen molar-refractivity contribution in [3.8, 4) is 0 Å². The monoisotopic (exact) mass is 290 g/mol. The molecule has 0 saturated heterocycles. The molecule has 0 bridgehead atoms. The molecule has 1 aliphatic rings. The first-order valence-corrected chi connectivity index (χ1v) is 7.29. The molecule has 1 aromatic rings. The van der Waals surface area contributed by atoms with E-state index < -0.39 is 0 Å². The summed E-state index contributed by atoms with van der Waals surface area (Å²) >= 11 is 0. The third-order valence-corrected chi connectivity index (χ3v) is 4.44. The van der Waals surface area contributed by atoms with E-state index in [0.717, 1.165) is 19.3 Å². The average Bonchev–Trinajstić information content (AvgIpc) is 2.52. The molecule has 4 heteroatoms. The van der Waals surface area contributed by atoms with Gasteiger partial charge in [-0.25, -0.2) is 0 Å². The second-order valence-corrected chi connectivity index (χ2v) is 5.77. The number of aryl methyl sites for hydroxylation is 1. The van der Waals surface area contributed by atoms with Gasteiger partial charge in [-0.2, -0.15) is 0 Å². The van der Waals surface area contributed by atoms with Crippen LogP contribution < -0.4 is 0 Å². The van der Waals surface area contributed by atoms with Crippen LogP contribution in [0.1, 0.15) is 36.8 Å². The summed E-state index contributed by atoms with van der Waals surface area (Å²) in [6.45, 7) is 0. The average molecular weight is 290 g/mol. The van der Waals surface area contributed by atoms with Crippen molar-refractivity contribution in [3.63, 3.8) is 0 Å². The van der Waals surface area contributed by atoms with E-state index in [2.05, 4.69) is 12.1 Å². The number of fused-ring (bicyclic) bond motifs is 1. The Kier molecular flexibility index (Phi) is 4.99. The van der Waals surface area contributed by atoms with Crippen LogP contribution in [0.2, 0.25) is 0 Å². The molecule has 0 unspecified atom stereocenters. The summed E-state index contributed by atoms with van der Waals surface area (Å²) < 4.78 is 9.58. The van der Waals surface area contributed by atoms with Gasteiger partial charge in [-0.3, -0.25) is 9.59 Å². The van der Waals surface area contributed by atoms with Crippen LogP contribution in [0, 0.1) is 5.41 Å². The molecule has 0 aliphatic heterocycles. The fourth-order valence-electron chi connectivity index (χ4n) is 3.17. The Balaban J connectivity index is 2.17. The highest BCUT2D eigenvalue weighted by Gasteiger charge is 2.37. The summed E-state index contributed by atoms with van der Waals surface area (Å²) in [5, 5.41) is 0. The first-order valence-electron chi connectivity index (χ1n) is 7.29. The Morgan fingerprint density at radius 1 is 1.10 bits per heavy atom. The third kappa shape index (κ3) is 3.84. The summed E-state index contributed by atoms with van der Waals surface area (Å²) in [5.74, 6) is -0.433. The Morgan fingerprint density at radius 3 is 2.43 bits per heavy atom. The van der Waals surface area contributed by atoms with E-state index in [1.54, 1.807) is 0 Å². The number of rotatable bonds is 5. The standard InChI is InChI=1S/C17H22O4/c1-20-15(18)8-10-17(12-16(19)21-2)9-7-13-5-3-4-6-14(13)11-17/h3-6H,7-12H2,1-2H3/t17-/m0/s1. The van der Waals surface area contributed by atoms with E-state index >= 15 is 0 Å². The normalized spacial score (nSPS) is 20.5. The predicted octanol–water partition coefficient (Wildman–Crippen LogP) is 2.68. The number of ether oxygens (including phenoxy) is 2. The fraction of sp³-hybridized carbons (Fsp3) is 0.529. The molecule has 1 atom stereocenters. The van der Waals surface area contributed by atoms with Gasteiger partial charge in [0.25, 0.3) is 0 Å². The molecule has 4 nitrogen and oxygen atoms in total. The van der Waals surface area contributed by atoms with Crippen molar-refractivity contribution in [2.24, 2.45) is 5.41 Å². The van der Waals surface area contributed by atoms with Crippen LogP contribution in [0.3, 0.4) is 0 Å². The van der Waals surface area contributed by atoms with Crippen LogP contribution in [0.4, 0.5) is 0 Å². The highest BCUT2D eigenvalue weighted by molar-refractivity contribution is 5.71.